The van der Waals surface area contributed by atoms with Gasteiger partial charge in [-0.15, -0.1) is 0 Å². The summed E-state index contributed by atoms with van der Waals surface area (Å²) in [4.78, 5) is 26.0. The zero-order valence-electron chi connectivity index (χ0n) is 16.6. The smallest absolute Gasteiger partial charge is 0.263 e. The number of benzene rings is 3. The molecule has 1 aromatic heterocycles. The topological polar surface area (TPSA) is 60.3 Å². The number of halogens is 2. The maximum Gasteiger partial charge on any atom is 0.263 e. The molecule has 5 nitrogen and oxygen atoms in total. The van der Waals surface area contributed by atoms with Gasteiger partial charge in [0.2, 0.25) is 0 Å². The number of aromatic nitrogens is 1. The Kier molecular flexibility index (Phi) is 5.49. The molecule has 0 aliphatic heterocycles. The largest absolute Gasteiger partial charge is 0.496 e. The first-order chi connectivity index (χ1) is 15.0. The predicted molar refractivity (Wildman–Crippen MR) is 114 cm³/mol. The molecule has 4 rings (SSSR count). The van der Waals surface area contributed by atoms with Crippen molar-refractivity contribution in [3.05, 3.63) is 106 Å². The molecule has 0 atom stereocenters. The number of para-hydroxylation sites is 1. The normalized spacial score (nSPS) is 10.8. The SMILES string of the molecule is COc1ccccc1CNC(=O)c1cn(-c2ccc(F)cc2F)c(=O)c2ccccc12. The summed E-state index contributed by atoms with van der Waals surface area (Å²) in [7, 11) is 1.54. The van der Waals surface area contributed by atoms with Crippen LogP contribution in [0.15, 0.2) is 77.7 Å². The van der Waals surface area contributed by atoms with Crippen LogP contribution in [0.25, 0.3) is 16.5 Å². The number of hydrogen-bond donors (Lipinski definition) is 1. The van der Waals surface area contributed by atoms with Crippen LogP contribution in [0.4, 0.5) is 8.78 Å². The number of ether oxygens (including phenoxy) is 1. The molecule has 1 heterocycles. The number of pyridine rings is 1. The van der Waals surface area contributed by atoms with E-state index in [1.54, 1.807) is 37.4 Å². The summed E-state index contributed by atoms with van der Waals surface area (Å²) in [5.74, 6) is -1.48. The van der Waals surface area contributed by atoms with E-state index >= 15 is 0 Å². The number of carbonyl (C=O) groups is 1. The van der Waals surface area contributed by atoms with Gasteiger partial charge in [0, 0.05) is 35.1 Å². The lowest BCUT2D eigenvalue weighted by atomic mass is 10.1. The zero-order valence-corrected chi connectivity index (χ0v) is 16.6. The average molecular weight is 420 g/mol. The van der Waals surface area contributed by atoms with Crippen molar-refractivity contribution in [2.24, 2.45) is 0 Å². The Morgan fingerprint density at radius 3 is 2.45 bits per heavy atom. The number of nitrogens with zero attached hydrogens (tertiary/aromatic N) is 1. The van der Waals surface area contributed by atoms with Gasteiger partial charge >= 0.3 is 0 Å². The van der Waals surface area contributed by atoms with Crippen LogP contribution in [0, 0.1) is 11.6 Å². The summed E-state index contributed by atoms with van der Waals surface area (Å²) >= 11 is 0. The van der Waals surface area contributed by atoms with Gasteiger partial charge < -0.3 is 10.1 Å². The Balaban J connectivity index is 1.79. The summed E-state index contributed by atoms with van der Waals surface area (Å²) in [6.45, 7) is 0.196. The van der Waals surface area contributed by atoms with E-state index in [4.69, 9.17) is 4.74 Å². The summed E-state index contributed by atoms with van der Waals surface area (Å²) in [6, 6.07) is 16.8. The lowest BCUT2D eigenvalue weighted by molar-refractivity contribution is 0.0951. The minimum atomic E-state index is -0.905. The highest BCUT2D eigenvalue weighted by Crippen LogP contribution is 2.21. The van der Waals surface area contributed by atoms with E-state index in [2.05, 4.69) is 5.32 Å². The predicted octanol–water partition coefficient (Wildman–Crippen LogP) is 4.21. The Morgan fingerprint density at radius 2 is 1.71 bits per heavy atom. The molecule has 1 amide bonds. The molecule has 0 saturated heterocycles. The molecule has 4 aromatic rings. The number of hydrogen-bond acceptors (Lipinski definition) is 3. The Morgan fingerprint density at radius 1 is 1.00 bits per heavy atom. The molecule has 1 N–H and O–H groups in total. The van der Waals surface area contributed by atoms with Gasteiger partial charge in [0.25, 0.3) is 11.5 Å². The van der Waals surface area contributed by atoms with Gasteiger partial charge in [-0.05, 0) is 24.3 Å². The first kappa shape index (κ1) is 20.3. The zero-order chi connectivity index (χ0) is 22.0. The minimum absolute atomic E-state index is 0.143. The van der Waals surface area contributed by atoms with Gasteiger partial charge in [-0.1, -0.05) is 36.4 Å². The number of methoxy groups -OCH3 is 1. The van der Waals surface area contributed by atoms with Crippen molar-refractivity contribution in [3.8, 4) is 11.4 Å². The van der Waals surface area contributed by atoms with Gasteiger partial charge in [-0.2, -0.15) is 0 Å². The van der Waals surface area contributed by atoms with E-state index in [1.807, 2.05) is 18.2 Å². The average Bonchev–Trinajstić information content (AvgIpc) is 2.78. The summed E-state index contributed by atoms with van der Waals surface area (Å²) in [6.07, 6.45) is 1.28. The lowest BCUT2D eigenvalue weighted by Crippen LogP contribution is -2.27. The quantitative estimate of drug-likeness (QED) is 0.526. The van der Waals surface area contributed by atoms with E-state index in [-0.39, 0.29) is 23.2 Å². The highest BCUT2D eigenvalue weighted by molar-refractivity contribution is 6.06. The maximum atomic E-state index is 14.4. The van der Waals surface area contributed by atoms with Crippen molar-refractivity contribution in [3.63, 3.8) is 0 Å². The minimum Gasteiger partial charge on any atom is -0.496 e. The van der Waals surface area contributed by atoms with Crippen molar-refractivity contribution in [1.82, 2.24) is 9.88 Å². The second kappa shape index (κ2) is 8.39. The van der Waals surface area contributed by atoms with E-state index in [0.29, 0.717) is 17.2 Å². The van der Waals surface area contributed by atoms with Crippen molar-refractivity contribution >= 4 is 16.7 Å². The second-order valence-electron chi connectivity index (χ2n) is 6.85. The fourth-order valence-corrected chi connectivity index (χ4v) is 3.45. The van der Waals surface area contributed by atoms with Gasteiger partial charge in [-0.3, -0.25) is 14.2 Å². The molecule has 0 aliphatic carbocycles. The van der Waals surface area contributed by atoms with E-state index in [0.717, 1.165) is 22.3 Å². The molecule has 0 saturated carbocycles. The van der Waals surface area contributed by atoms with E-state index < -0.39 is 23.1 Å². The number of rotatable bonds is 5. The van der Waals surface area contributed by atoms with Gasteiger partial charge in [0.1, 0.15) is 17.4 Å². The van der Waals surface area contributed by atoms with Crippen LogP contribution < -0.4 is 15.6 Å². The molecule has 0 radical (unpaired) electrons. The second-order valence-corrected chi connectivity index (χ2v) is 6.85. The van der Waals surface area contributed by atoms with Crippen LogP contribution in [-0.4, -0.2) is 17.6 Å². The summed E-state index contributed by atoms with van der Waals surface area (Å²) in [5.41, 5.74) is 0.313. The third-order valence-corrected chi connectivity index (χ3v) is 4.97. The first-order valence-electron chi connectivity index (χ1n) is 9.49. The molecular weight excluding hydrogens is 402 g/mol. The molecule has 0 fully saturated rings. The molecular formula is C24H18F2N2O3. The Hall–Kier alpha value is -4.00. The third kappa shape index (κ3) is 3.90. The van der Waals surface area contributed by atoms with Gasteiger partial charge in [0.05, 0.1) is 18.4 Å². The number of fused-ring (bicyclic) bond motifs is 1. The lowest BCUT2D eigenvalue weighted by Gasteiger charge is -2.14. The molecule has 0 bridgehead atoms. The van der Waals surface area contributed by atoms with Crippen molar-refractivity contribution < 1.29 is 18.3 Å². The Labute approximate surface area is 176 Å². The van der Waals surface area contributed by atoms with Crippen molar-refractivity contribution in [2.45, 2.75) is 6.54 Å². The van der Waals surface area contributed by atoms with E-state index in [9.17, 15) is 18.4 Å². The van der Waals surface area contributed by atoms with Crippen LogP contribution in [-0.2, 0) is 6.54 Å². The maximum absolute atomic E-state index is 14.4. The van der Waals surface area contributed by atoms with Crippen LogP contribution >= 0.6 is 0 Å². The van der Waals surface area contributed by atoms with Crippen molar-refractivity contribution in [1.29, 1.82) is 0 Å². The van der Waals surface area contributed by atoms with Crippen LogP contribution in [0.2, 0.25) is 0 Å². The molecule has 3 aromatic carbocycles. The fourth-order valence-electron chi connectivity index (χ4n) is 3.45. The summed E-state index contributed by atoms with van der Waals surface area (Å²) in [5, 5.41) is 3.50. The fraction of sp³-hybridized carbons (Fsp3) is 0.0833. The molecule has 156 valence electrons. The standard InChI is InChI=1S/C24H18F2N2O3/c1-31-22-9-5-2-6-15(22)13-27-23(29)19-14-28(21-11-10-16(25)12-20(21)26)24(30)18-8-4-3-7-17(18)19/h2-12,14H,13H2,1H3,(H,27,29). The van der Waals surface area contributed by atoms with E-state index in [1.165, 1.54) is 6.20 Å². The van der Waals surface area contributed by atoms with Gasteiger partial charge in [0.15, 0.2) is 0 Å². The summed E-state index contributed by atoms with van der Waals surface area (Å²) < 4.78 is 34.1. The number of amides is 1. The highest BCUT2D eigenvalue weighted by Gasteiger charge is 2.17. The number of carbonyl (C=O) groups excluding carboxylic acids is 1. The van der Waals surface area contributed by atoms with Crippen molar-refractivity contribution in [2.75, 3.05) is 7.11 Å². The van der Waals surface area contributed by atoms with Crippen LogP contribution in [0.3, 0.4) is 0 Å². The van der Waals surface area contributed by atoms with Gasteiger partial charge in [-0.25, -0.2) is 8.78 Å². The monoisotopic (exact) mass is 420 g/mol. The molecule has 31 heavy (non-hydrogen) atoms. The molecule has 7 heteroatoms. The third-order valence-electron chi connectivity index (χ3n) is 4.97. The molecule has 0 spiro atoms. The highest BCUT2D eigenvalue weighted by atomic mass is 19.1. The van der Waals surface area contributed by atoms with Crippen LogP contribution in [0.5, 0.6) is 5.75 Å². The number of nitrogens with one attached hydrogen (secondary N) is 1. The molecule has 0 aliphatic rings. The first-order valence-corrected chi connectivity index (χ1v) is 9.49. The molecule has 0 unspecified atom stereocenters. The van der Waals surface area contributed by atoms with Crippen LogP contribution in [0.1, 0.15) is 15.9 Å². The Bertz CT molecular complexity index is 1350.